The SMILES string of the molecule is COC(=O)Cn1nc(-c2ccccc2Br)c2c1CCCC2CCN. The topological polar surface area (TPSA) is 70.1 Å². The van der Waals surface area contributed by atoms with E-state index in [0.717, 1.165) is 47.1 Å². The smallest absolute Gasteiger partial charge is 0.327 e. The first kappa shape index (κ1) is 17.2. The molecule has 1 aromatic carbocycles. The minimum atomic E-state index is -0.278. The minimum absolute atomic E-state index is 0.151. The first-order valence-electron chi connectivity index (χ1n) is 8.27. The summed E-state index contributed by atoms with van der Waals surface area (Å²) in [6.45, 7) is 0.806. The number of benzene rings is 1. The maximum atomic E-state index is 11.8. The Balaban J connectivity index is 2.14. The van der Waals surface area contributed by atoms with Crippen LogP contribution < -0.4 is 5.73 Å². The Hall–Kier alpha value is -1.66. The molecule has 1 aliphatic carbocycles. The molecule has 2 N–H and O–H groups in total. The highest BCUT2D eigenvalue weighted by Gasteiger charge is 2.30. The molecule has 0 spiro atoms. The van der Waals surface area contributed by atoms with E-state index in [1.54, 1.807) is 0 Å². The normalized spacial score (nSPS) is 16.7. The second-order valence-electron chi connectivity index (χ2n) is 6.09. The molecule has 0 aliphatic heterocycles. The monoisotopic (exact) mass is 391 g/mol. The van der Waals surface area contributed by atoms with Crippen LogP contribution in [0.2, 0.25) is 0 Å². The summed E-state index contributed by atoms with van der Waals surface area (Å²) in [4.78, 5) is 11.8. The summed E-state index contributed by atoms with van der Waals surface area (Å²) in [6, 6.07) is 8.07. The second kappa shape index (κ2) is 7.49. The summed E-state index contributed by atoms with van der Waals surface area (Å²) in [5.74, 6) is 0.118. The maximum Gasteiger partial charge on any atom is 0.327 e. The van der Waals surface area contributed by atoms with Gasteiger partial charge in [-0.1, -0.05) is 34.1 Å². The summed E-state index contributed by atoms with van der Waals surface area (Å²) in [5.41, 5.74) is 10.2. The predicted molar refractivity (Wildman–Crippen MR) is 96.7 cm³/mol. The molecule has 1 heterocycles. The number of rotatable bonds is 5. The van der Waals surface area contributed by atoms with Gasteiger partial charge >= 0.3 is 5.97 Å². The molecular weight excluding hydrogens is 370 g/mol. The van der Waals surface area contributed by atoms with Crippen molar-refractivity contribution in [1.82, 2.24) is 9.78 Å². The number of ether oxygens (including phenoxy) is 1. The molecule has 0 saturated heterocycles. The molecule has 3 rings (SSSR count). The Morgan fingerprint density at radius 2 is 2.25 bits per heavy atom. The lowest BCUT2D eigenvalue weighted by Gasteiger charge is -2.24. The molecule has 0 amide bonds. The van der Waals surface area contributed by atoms with E-state index in [0.29, 0.717) is 12.5 Å². The molecule has 128 valence electrons. The number of nitrogens with zero attached hydrogens (tertiary/aromatic N) is 2. The number of fused-ring (bicyclic) bond motifs is 1. The zero-order chi connectivity index (χ0) is 17.1. The van der Waals surface area contributed by atoms with Gasteiger partial charge in [0, 0.05) is 21.3 Å². The quantitative estimate of drug-likeness (QED) is 0.794. The van der Waals surface area contributed by atoms with Crippen molar-refractivity contribution in [2.45, 2.75) is 38.1 Å². The molecule has 0 fully saturated rings. The van der Waals surface area contributed by atoms with Crippen LogP contribution in [-0.4, -0.2) is 29.4 Å². The van der Waals surface area contributed by atoms with Crippen molar-refractivity contribution in [1.29, 1.82) is 0 Å². The fraction of sp³-hybridized carbons (Fsp3) is 0.444. The third kappa shape index (κ3) is 3.26. The molecule has 1 unspecified atom stereocenters. The van der Waals surface area contributed by atoms with E-state index in [1.165, 1.54) is 12.7 Å². The van der Waals surface area contributed by atoms with Crippen LogP contribution in [0.3, 0.4) is 0 Å². The molecule has 0 bridgehead atoms. The van der Waals surface area contributed by atoms with Crippen LogP contribution in [0.1, 0.15) is 36.4 Å². The third-order valence-corrected chi connectivity index (χ3v) is 5.31. The fourth-order valence-corrected chi connectivity index (χ4v) is 4.00. The fourth-order valence-electron chi connectivity index (χ4n) is 3.52. The lowest BCUT2D eigenvalue weighted by Crippen LogP contribution is -2.19. The molecule has 1 aliphatic rings. The zero-order valence-electron chi connectivity index (χ0n) is 13.8. The summed E-state index contributed by atoms with van der Waals surface area (Å²) in [5, 5.41) is 4.79. The Bertz CT molecular complexity index is 742. The Kier molecular flexibility index (Phi) is 5.36. The van der Waals surface area contributed by atoms with Crippen molar-refractivity contribution in [2.24, 2.45) is 5.73 Å². The Morgan fingerprint density at radius 3 is 2.96 bits per heavy atom. The van der Waals surface area contributed by atoms with Crippen LogP contribution in [-0.2, 0) is 22.5 Å². The predicted octanol–water partition coefficient (Wildman–Crippen LogP) is 3.25. The number of carbonyl (C=O) groups is 1. The van der Waals surface area contributed by atoms with Crippen molar-refractivity contribution >= 4 is 21.9 Å². The molecule has 1 aromatic heterocycles. The lowest BCUT2D eigenvalue weighted by atomic mass is 9.82. The molecule has 0 radical (unpaired) electrons. The molecule has 5 nitrogen and oxygen atoms in total. The van der Waals surface area contributed by atoms with Crippen molar-refractivity contribution in [2.75, 3.05) is 13.7 Å². The molecule has 24 heavy (non-hydrogen) atoms. The second-order valence-corrected chi connectivity index (χ2v) is 6.94. The van der Waals surface area contributed by atoms with Crippen molar-refractivity contribution in [3.8, 4) is 11.3 Å². The Labute approximate surface area is 150 Å². The molecule has 6 heteroatoms. The van der Waals surface area contributed by atoms with E-state index >= 15 is 0 Å². The number of esters is 1. The van der Waals surface area contributed by atoms with Gasteiger partial charge < -0.3 is 10.5 Å². The summed E-state index contributed by atoms with van der Waals surface area (Å²) < 4.78 is 7.65. The van der Waals surface area contributed by atoms with Crippen LogP contribution in [0, 0.1) is 0 Å². The summed E-state index contributed by atoms with van der Waals surface area (Å²) in [7, 11) is 1.41. The average molecular weight is 392 g/mol. The van der Waals surface area contributed by atoms with Gasteiger partial charge in [0.15, 0.2) is 0 Å². The molecule has 1 atom stereocenters. The van der Waals surface area contributed by atoms with Crippen LogP contribution in [0.25, 0.3) is 11.3 Å². The van der Waals surface area contributed by atoms with Crippen LogP contribution in [0.15, 0.2) is 28.7 Å². The molecular formula is C18H22BrN3O2. The highest BCUT2D eigenvalue weighted by molar-refractivity contribution is 9.10. The number of nitrogens with two attached hydrogens (primary N) is 1. The minimum Gasteiger partial charge on any atom is -0.468 e. The van der Waals surface area contributed by atoms with E-state index < -0.39 is 0 Å². The van der Waals surface area contributed by atoms with E-state index in [-0.39, 0.29) is 12.5 Å². The Morgan fingerprint density at radius 1 is 1.46 bits per heavy atom. The highest BCUT2D eigenvalue weighted by Crippen LogP contribution is 2.41. The third-order valence-electron chi connectivity index (χ3n) is 4.62. The van der Waals surface area contributed by atoms with Crippen LogP contribution in [0.5, 0.6) is 0 Å². The number of aromatic nitrogens is 2. The van der Waals surface area contributed by atoms with Gasteiger partial charge in [-0.05, 0) is 44.2 Å². The largest absolute Gasteiger partial charge is 0.468 e. The summed E-state index contributed by atoms with van der Waals surface area (Å²) in [6.07, 6.45) is 4.09. The highest BCUT2D eigenvalue weighted by atomic mass is 79.9. The van der Waals surface area contributed by atoms with Gasteiger partial charge in [0.25, 0.3) is 0 Å². The lowest BCUT2D eigenvalue weighted by molar-refractivity contribution is -0.141. The van der Waals surface area contributed by atoms with E-state index in [1.807, 2.05) is 22.9 Å². The van der Waals surface area contributed by atoms with Crippen LogP contribution in [0.4, 0.5) is 0 Å². The number of hydrogen-bond acceptors (Lipinski definition) is 4. The zero-order valence-corrected chi connectivity index (χ0v) is 15.4. The number of halogens is 1. The van der Waals surface area contributed by atoms with E-state index in [4.69, 9.17) is 15.6 Å². The summed E-state index contributed by atoms with van der Waals surface area (Å²) >= 11 is 3.63. The van der Waals surface area contributed by atoms with Gasteiger partial charge in [-0.2, -0.15) is 5.10 Å². The first-order valence-corrected chi connectivity index (χ1v) is 9.06. The van der Waals surface area contributed by atoms with E-state index in [9.17, 15) is 4.79 Å². The van der Waals surface area contributed by atoms with E-state index in [2.05, 4.69) is 22.0 Å². The number of methoxy groups -OCH3 is 1. The molecule has 2 aromatic rings. The number of hydrogen-bond donors (Lipinski definition) is 1. The first-order chi connectivity index (χ1) is 11.7. The van der Waals surface area contributed by atoms with Gasteiger partial charge in [0.2, 0.25) is 0 Å². The average Bonchev–Trinajstić information content (AvgIpc) is 2.95. The van der Waals surface area contributed by atoms with Gasteiger partial charge in [-0.3, -0.25) is 9.48 Å². The maximum absolute atomic E-state index is 11.8. The van der Waals surface area contributed by atoms with Crippen molar-refractivity contribution < 1.29 is 9.53 Å². The van der Waals surface area contributed by atoms with Gasteiger partial charge in [0.05, 0.1) is 12.8 Å². The molecule has 0 saturated carbocycles. The standard InChI is InChI=1S/C18H22BrN3O2/c1-24-16(23)11-22-15-8-4-5-12(9-10-20)17(15)18(21-22)13-6-2-3-7-14(13)19/h2-3,6-7,12H,4-5,8-11,20H2,1H3. The van der Waals surface area contributed by atoms with Gasteiger partial charge in [0.1, 0.15) is 6.54 Å². The van der Waals surface area contributed by atoms with Gasteiger partial charge in [-0.25, -0.2) is 0 Å². The van der Waals surface area contributed by atoms with Gasteiger partial charge in [-0.15, -0.1) is 0 Å². The van der Waals surface area contributed by atoms with Crippen LogP contribution >= 0.6 is 15.9 Å². The van der Waals surface area contributed by atoms with Crippen molar-refractivity contribution in [3.05, 3.63) is 40.0 Å². The number of carbonyl (C=O) groups excluding carboxylic acids is 1. The van der Waals surface area contributed by atoms with Crippen molar-refractivity contribution in [3.63, 3.8) is 0 Å².